The summed E-state index contributed by atoms with van der Waals surface area (Å²) in [6.07, 6.45) is 0. The van der Waals surface area contributed by atoms with Gasteiger partial charge in [-0.05, 0) is 27.7 Å². The Bertz CT molecular complexity index is 1010. The maximum Gasteiger partial charge on any atom is 0.311 e. The van der Waals surface area contributed by atoms with E-state index < -0.39 is 10.8 Å². The van der Waals surface area contributed by atoms with E-state index in [0.29, 0.717) is 25.2 Å². The fraction of sp³-hybridized carbons (Fsp3) is 0.476. The van der Waals surface area contributed by atoms with Crippen molar-refractivity contribution in [3.63, 3.8) is 0 Å². The Kier molecular flexibility index (Phi) is 11.2. The standard InChI is InChI=1S/C21H29N5O6S.ClH/c1-12(2)25(13(3)4)8-7-22-20(28)15-11-33-21(23-15)24-19(27)14-9-16(26(29)30)18(32-6)10-17(14)31-5;/h9-13H,7-8H2,1-6H3,(H,22,28)(H,23,24,27);1H. The Morgan fingerprint density at radius 2 is 1.74 bits per heavy atom. The number of thiazole rings is 1. The molecule has 0 radical (unpaired) electrons. The lowest BCUT2D eigenvalue weighted by molar-refractivity contribution is -0.385. The van der Waals surface area contributed by atoms with Crippen LogP contribution in [0.1, 0.15) is 48.5 Å². The first-order valence-corrected chi connectivity index (χ1v) is 11.2. The van der Waals surface area contributed by atoms with Gasteiger partial charge in [-0.2, -0.15) is 0 Å². The van der Waals surface area contributed by atoms with Crippen LogP contribution in [0.25, 0.3) is 0 Å². The summed E-state index contributed by atoms with van der Waals surface area (Å²) in [7, 11) is 2.62. The van der Waals surface area contributed by atoms with Gasteiger partial charge < -0.3 is 14.8 Å². The molecule has 1 aromatic carbocycles. The third-order valence-electron chi connectivity index (χ3n) is 4.88. The molecule has 0 unspecified atom stereocenters. The molecule has 0 saturated carbocycles. The lowest BCUT2D eigenvalue weighted by Gasteiger charge is -2.30. The van der Waals surface area contributed by atoms with Gasteiger partial charge in [-0.3, -0.25) is 29.9 Å². The predicted octanol–water partition coefficient (Wildman–Crippen LogP) is 3.59. The minimum Gasteiger partial charge on any atom is -0.496 e. The van der Waals surface area contributed by atoms with Crippen molar-refractivity contribution < 1.29 is 24.0 Å². The van der Waals surface area contributed by atoms with Crippen molar-refractivity contribution in [3.8, 4) is 11.5 Å². The van der Waals surface area contributed by atoms with Gasteiger partial charge in [0.05, 0.1) is 24.7 Å². The van der Waals surface area contributed by atoms with E-state index in [4.69, 9.17) is 9.47 Å². The maximum atomic E-state index is 12.7. The number of methoxy groups -OCH3 is 2. The number of nitro groups is 1. The molecule has 0 aliphatic heterocycles. The molecule has 0 bridgehead atoms. The number of carbonyl (C=O) groups excluding carboxylic acids is 2. The lowest BCUT2D eigenvalue weighted by Crippen LogP contribution is -2.42. The number of hydrogen-bond acceptors (Lipinski definition) is 9. The van der Waals surface area contributed by atoms with Crippen molar-refractivity contribution in [1.82, 2.24) is 15.2 Å². The van der Waals surface area contributed by atoms with Gasteiger partial charge in [0.15, 0.2) is 5.13 Å². The first-order chi connectivity index (χ1) is 15.6. The maximum absolute atomic E-state index is 12.7. The van der Waals surface area contributed by atoms with E-state index in [1.165, 1.54) is 25.7 Å². The minimum atomic E-state index is -0.664. The van der Waals surface area contributed by atoms with E-state index in [1.807, 2.05) is 0 Å². The molecule has 2 amide bonds. The first kappa shape index (κ1) is 29.1. The van der Waals surface area contributed by atoms with Gasteiger partial charge in [0.25, 0.3) is 11.8 Å². The second-order valence-corrected chi connectivity index (χ2v) is 8.51. The molecule has 2 N–H and O–H groups in total. The van der Waals surface area contributed by atoms with E-state index in [9.17, 15) is 19.7 Å². The lowest BCUT2D eigenvalue weighted by atomic mass is 10.1. The van der Waals surface area contributed by atoms with Gasteiger partial charge in [-0.1, -0.05) is 0 Å². The molecular formula is C21H30ClN5O6S. The zero-order chi connectivity index (χ0) is 24.7. The molecule has 1 heterocycles. The second-order valence-electron chi connectivity index (χ2n) is 7.65. The topological polar surface area (TPSA) is 136 Å². The molecule has 0 fully saturated rings. The zero-order valence-corrected chi connectivity index (χ0v) is 21.5. The predicted molar refractivity (Wildman–Crippen MR) is 133 cm³/mol. The molecule has 0 aliphatic carbocycles. The molecule has 2 rings (SSSR count). The van der Waals surface area contributed by atoms with Crippen LogP contribution in [0.3, 0.4) is 0 Å². The van der Waals surface area contributed by atoms with Gasteiger partial charge in [0, 0.05) is 42.7 Å². The van der Waals surface area contributed by atoms with Crippen molar-refractivity contribution in [2.24, 2.45) is 0 Å². The van der Waals surface area contributed by atoms with Crippen LogP contribution in [-0.4, -0.2) is 66.0 Å². The van der Waals surface area contributed by atoms with Crippen molar-refractivity contribution in [1.29, 1.82) is 0 Å². The number of nitro benzene ring substituents is 1. The summed E-state index contributed by atoms with van der Waals surface area (Å²) in [5.74, 6) is -0.945. The Morgan fingerprint density at radius 1 is 1.12 bits per heavy atom. The quantitative estimate of drug-likeness (QED) is 0.342. The average Bonchev–Trinajstić information content (AvgIpc) is 3.23. The number of amides is 2. The van der Waals surface area contributed by atoms with Crippen molar-refractivity contribution in [2.45, 2.75) is 39.8 Å². The van der Waals surface area contributed by atoms with Crippen LogP contribution in [0.4, 0.5) is 10.8 Å². The smallest absolute Gasteiger partial charge is 0.311 e. The zero-order valence-electron chi connectivity index (χ0n) is 19.9. The first-order valence-electron chi connectivity index (χ1n) is 10.3. The van der Waals surface area contributed by atoms with Gasteiger partial charge in [-0.25, -0.2) is 4.98 Å². The SMILES string of the molecule is COc1cc(OC)c([N+](=O)[O-])cc1C(=O)Nc1nc(C(=O)NCCN(C(C)C)C(C)C)cs1.Cl. The van der Waals surface area contributed by atoms with Crippen LogP contribution in [0.15, 0.2) is 17.5 Å². The Labute approximate surface area is 208 Å². The molecular weight excluding hydrogens is 486 g/mol. The average molecular weight is 516 g/mol. The van der Waals surface area contributed by atoms with Crippen LogP contribution in [0, 0.1) is 10.1 Å². The number of rotatable bonds is 11. The number of halogens is 1. The van der Waals surface area contributed by atoms with Crippen LogP contribution in [-0.2, 0) is 0 Å². The number of benzene rings is 1. The summed E-state index contributed by atoms with van der Waals surface area (Å²) in [6.45, 7) is 9.56. The van der Waals surface area contributed by atoms with E-state index in [0.717, 1.165) is 17.4 Å². The molecule has 13 heteroatoms. The number of carbonyl (C=O) groups is 2. The highest BCUT2D eigenvalue weighted by atomic mass is 35.5. The van der Waals surface area contributed by atoms with Crippen molar-refractivity contribution in [2.75, 3.05) is 32.6 Å². The van der Waals surface area contributed by atoms with Gasteiger partial charge in [0.1, 0.15) is 11.4 Å². The molecule has 0 saturated heterocycles. The van der Waals surface area contributed by atoms with E-state index in [-0.39, 0.29) is 51.9 Å². The molecule has 0 spiro atoms. The third-order valence-corrected chi connectivity index (χ3v) is 5.64. The summed E-state index contributed by atoms with van der Waals surface area (Å²) in [4.78, 5) is 42.2. The number of nitrogens with zero attached hydrogens (tertiary/aromatic N) is 3. The minimum absolute atomic E-state index is 0. The Balaban J connectivity index is 0.00000578. The van der Waals surface area contributed by atoms with Gasteiger partial charge >= 0.3 is 5.69 Å². The molecule has 188 valence electrons. The van der Waals surface area contributed by atoms with E-state index >= 15 is 0 Å². The highest BCUT2D eigenvalue weighted by Gasteiger charge is 2.24. The van der Waals surface area contributed by atoms with Crippen LogP contribution < -0.4 is 20.1 Å². The molecule has 0 aliphatic rings. The molecule has 0 atom stereocenters. The number of anilines is 1. The summed E-state index contributed by atoms with van der Waals surface area (Å²) < 4.78 is 10.2. The van der Waals surface area contributed by atoms with Crippen LogP contribution >= 0.6 is 23.7 Å². The summed E-state index contributed by atoms with van der Waals surface area (Å²) in [5.41, 5.74) is -0.267. The fourth-order valence-corrected chi connectivity index (χ4v) is 3.99. The summed E-state index contributed by atoms with van der Waals surface area (Å²) in [5, 5.41) is 18.4. The molecule has 34 heavy (non-hydrogen) atoms. The van der Waals surface area contributed by atoms with E-state index in [2.05, 4.69) is 48.2 Å². The summed E-state index contributed by atoms with van der Waals surface area (Å²) in [6, 6.07) is 3.05. The van der Waals surface area contributed by atoms with Crippen molar-refractivity contribution >= 4 is 46.4 Å². The number of ether oxygens (including phenoxy) is 2. The Hall–Kier alpha value is -2.96. The van der Waals surface area contributed by atoms with Gasteiger partial charge in [-0.15, -0.1) is 23.7 Å². The number of aromatic nitrogens is 1. The molecule has 11 nitrogen and oxygen atoms in total. The highest BCUT2D eigenvalue weighted by Crippen LogP contribution is 2.35. The van der Waals surface area contributed by atoms with Crippen LogP contribution in [0.5, 0.6) is 11.5 Å². The fourth-order valence-electron chi connectivity index (χ4n) is 3.30. The number of nitrogens with one attached hydrogen (secondary N) is 2. The monoisotopic (exact) mass is 515 g/mol. The largest absolute Gasteiger partial charge is 0.496 e. The Morgan fingerprint density at radius 3 is 2.26 bits per heavy atom. The second kappa shape index (κ2) is 13.1. The molecule has 2 aromatic rings. The van der Waals surface area contributed by atoms with E-state index in [1.54, 1.807) is 0 Å². The molecule has 1 aromatic heterocycles. The highest BCUT2D eigenvalue weighted by molar-refractivity contribution is 7.14. The van der Waals surface area contributed by atoms with Crippen molar-refractivity contribution in [3.05, 3.63) is 38.9 Å². The number of hydrogen-bond donors (Lipinski definition) is 2. The van der Waals surface area contributed by atoms with Crippen LogP contribution in [0.2, 0.25) is 0 Å². The third kappa shape index (κ3) is 7.27. The summed E-state index contributed by atoms with van der Waals surface area (Å²) >= 11 is 1.07. The van der Waals surface area contributed by atoms with Gasteiger partial charge in [0.2, 0.25) is 5.75 Å². The normalized spacial score (nSPS) is 10.7.